The van der Waals surface area contributed by atoms with Gasteiger partial charge in [-0.2, -0.15) is 0 Å². The van der Waals surface area contributed by atoms with Crippen molar-refractivity contribution in [3.05, 3.63) is 40.1 Å². The Hall–Kier alpha value is -1.47. The van der Waals surface area contributed by atoms with E-state index < -0.39 is 15.7 Å². The largest absolute Gasteiger partial charge is 0.399 e. The molecule has 0 bridgehead atoms. The molecular formula is C11H11FN2O2S2. The third-order valence-electron chi connectivity index (χ3n) is 2.26. The predicted octanol–water partition coefficient (Wildman–Crippen LogP) is 2.15. The van der Waals surface area contributed by atoms with Gasteiger partial charge in [-0.15, -0.1) is 11.3 Å². The number of hydrogen-bond acceptors (Lipinski definition) is 5. The van der Waals surface area contributed by atoms with Crippen LogP contribution >= 0.6 is 11.3 Å². The predicted molar refractivity (Wildman–Crippen MR) is 68.6 cm³/mol. The summed E-state index contributed by atoms with van der Waals surface area (Å²) in [5, 5.41) is 2.47. The van der Waals surface area contributed by atoms with Crippen molar-refractivity contribution >= 4 is 26.9 Å². The lowest BCUT2D eigenvalue weighted by atomic mass is 10.3. The number of nitrogens with zero attached hydrogens (tertiary/aromatic N) is 1. The molecule has 2 N–H and O–H groups in total. The molecule has 0 spiro atoms. The first-order chi connectivity index (χ1) is 8.37. The Labute approximate surface area is 108 Å². The fraction of sp³-hybridized carbons (Fsp3) is 0.182. The zero-order chi connectivity index (χ0) is 13.3. The molecule has 0 radical (unpaired) electrons. The first-order valence-corrected chi connectivity index (χ1v) is 7.60. The molecule has 18 heavy (non-hydrogen) atoms. The summed E-state index contributed by atoms with van der Waals surface area (Å²) >= 11 is 1.37. The maximum Gasteiger partial charge on any atom is 0.184 e. The Morgan fingerprint density at radius 3 is 2.67 bits per heavy atom. The van der Waals surface area contributed by atoms with Gasteiger partial charge in [-0.3, -0.25) is 0 Å². The number of anilines is 1. The summed E-state index contributed by atoms with van der Waals surface area (Å²) in [5.41, 5.74) is 5.98. The summed E-state index contributed by atoms with van der Waals surface area (Å²) in [7, 11) is -3.62. The highest BCUT2D eigenvalue weighted by molar-refractivity contribution is 7.90. The molecule has 0 aliphatic rings. The van der Waals surface area contributed by atoms with Crippen molar-refractivity contribution in [3.8, 4) is 0 Å². The summed E-state index contributed by atoms with van der Waals surface area (Å²) in [6.45, 7) is 1.79. The summed E-state index contributed by atoms with van der Waals surface area (Å²) in [6, 6.07) is 3.29. The van der Waals surface area contributed by atoms with E-state index in [-0.39, 0.29) is 16.3 Å². The van der Waals surface area contributed by atoms with Crippen LogP contribution in [0.4, 0.5) is 10.1 Å². The number of nitrogen functional groups attached to an aromatic ring is 1. The van der Waals surface area contributed by atoms with Gasteiger partial charge in [0.1, 0.15) is 5.82 Å². The van der Waals surface area contributed by atoms with Crippen molar-refractivity contribution in [3.63, 3.8) is 0 Å². The molecule has 2 aromatic rings. The number of aryl methyl sites for hydroxylation is 1. The van der Waals surface area contributed by atoms with Gasteiger partial charge in [-0.05, 0) is 25.1 Å². The third-order valence-corrected chi connectivity index (χ3v) is 4.71. The molecule has 0 aliphatic carbocycles. The Bertz CT molecular complexity index is 660. The number of sulfone groups is 1. The number of rotatable bonds is 3. The number of hydrogen-bond donors (Lipinski definition) is 1. The van der Waals surface area contributed by atoms with Gasteiger partial charge < -0.3 is 5.73 Å². The Morgan fingerprint density at radius 1 is 1.39 bits per heavy atom. The van der Waals surface area contributed by atoms with Crippen molar-refractivity contribution in [2.45, 2.75) is 17.6 Å². The first-order valence-electron chi connectivity index (χ1n) is 5.07. The third kappa shape index (κ3) is 2.85. The second kappa shape index (κ2) is 4.66. The van der Waals surface area contributed by atoms with Gasteiger partial charge in [0, 0.05) is 11.1 Å². The fourth-order valence-electron chi connectivity index (χ4n) is 1.52. The second-order valence-electron chi connectivity index (χ2n) is 3.84. The van der Waals surface area contributed by atoms with Crippen LogP contribution in [-0.4, -0.2) is 13.4 Å². The van der Waals surface area contributed by atoms with Gasteiger partial charge >= 0.3 is 0 Å². The van der Waals surface area contributed by atoms with E-state index in [4.69, 9.17) is 5.73 Å². The van der Waals surface area contributed by atoms with Crippen LogP contribution in [0.5, 0.6) is 0 Å². The van der Waals surface area contributed by atoms with Crippen molar-refractivity contribution in [2.24, 2.45) is 0 Å². The normalized spacial score (nSPS) is 11.7. The molecule has 0 saturated heterocycles. The maximum atomic E-state index is 13.1. The number of halogens is 1. The first kappa shape index (κ1) is 13.0. The molecule has 4 nitrogen and oxygen atoms in total. The van der Waals surface area contributed by atoms with E-state index in [1.807, 2.05) is 0 Å². The van der Waals surface area contributed by atoms with Crippen LogP contribution in [0.3, 0.4) is 0 Å². The SMILES string of the molecule is Cc1nc(CS(=O)(=O)c2cc(N)cc(F)c2)cs1. The summed E-state index contributed by atoms with van der Waals surface area (Å²) in [5.74, 6) is -0.914. The molecule has 1 aromatic carbocycles. The van der Waals surface area contributed by atoms with Gasteiger partial charge in [-0.1, -0.05) is 0 Å². The van der Waals surface area contributed by atoms with Crippen LogP contribution in [0.25, 0.3) is 0 Å². The van der Waals surface area contributed by atoms with Crippen molar-refractivity contribution in [1.82, 2.24) is 4.98 Å². The molecule has 1 aromatic heterocycles. The van der Waals surface area contributed by atoms with E-state index in [0.29, 0.717) is 5.69 Å². The quantitative estimate of drug-likeness (QED) is 0.877. The average Bonchev–Trinajstić information content (AvgIpc) is 2.61. The minimum absolute atomic E-state index is 0.0861. The van der Waals surface area contributed by atoms with E-state index in [1.54, 1.807) is 12.3 Å². The van der Waals surface area contributed by atoms with Crippen LogP contribution in [0.15, 0.2) is 28.5 Å². The number of thiazole rings is 1. The summed E-state index contributed by atoms with van der Waals surface area (Å²) in [6.07, 6.45) is 0. The highest BCUT2D eigenvalue weighted by atomic mass is 32.2. The smallest absolute Gasteiger partial charge is 0.184 e. The fourth-order valence-corrected chi connectivity index (χ4v) is 3.55. The van der Waals surface area contributed by atoms with Crippen molar-refractivity contribution < 1.29 is 12.8 Å². The summed E-state index contributed by atoms with van der Waals surface area (Å²) < 4.78 is 37.3. The standard InChI is InChI=1S/C11H11FN2O2S2/c1-7-14-10(5-17-7)6-18(15,16)11-3-8(12)2-9(13)4-11/h2-5H,6,13H2,1H3. The van der Waals surface area contributed by atoms with E-state index in [2.05, 4.69) is 4.98 Å². The Morgan fingerprint density at radius 2 is 2.11 bits per heavy atom. The van der Waals surface area contributed by atoms with Crippen LogP contribution in [0.1, 0.15) is 10.7 Å². The molecule has 96 valence electrons. The molecule has 2 rings (SSSR count). The lowest BCUT2D eigenvalue weighted by molar-refractivity contribution is 0.590. The monoisotopic (exact) mass is 286 g/mol. The molecule has 0 atom stereocenters. The summed E-state index contributed by atoms with van der Waals surface area (Å²) in [4.78, 5) is 3.96. The lowest BCUT2D eigenvalue weighted by Gasteiger charge is -2.04. The van der Waals surface area contributed by atoms with Gasteiger partial charge in [0.15, 0.2) is 9.84 Å². The zero-order valence-electron chi connectivity index (χ0n) is 9.55. The zero-order valence-corrected chi connectivity index (χ0v) is 11.2. The van der Waals surface area contributed by atoms with Crippen molar-refractivity contribution in [2.75, 3.05) is 5.73 Å². The van der Waals surface area contributed by atoms with Gasteiger partial charge in [0.2, 0.25) is 0 Å². The number of benzene rings is 1. The molecule has 0 aliphatic heterocycles. The maximum absolute atomic E-state index is 13.1. The van der Waals surface area contributed by atoms with E-state index >= 15 is 0 Å². The molecule has 0 amide bonds. The number of nitrogens with two attached hydrogens (primary N) is 1. The molecule has 7 heteroatoms. The molecule has 1 heterocycles. The van der Waals surface area contributed by atoms with E-state index in [1.165, 1.54) is 17.4 Å². The highest BCUT2D eigenvalue weighted by Crippen LogP contribution is 2.21. The number of aromatic nitrogens is 1. The van der Waals surface area contributed by atoms with Gasteiger partial charge in [0.05, 0.1) is 21.3 Å². The minimum atomic E-state index is -3.62. The molecular weight excluding hydrogens is 275 g/mol. The van der Waals surface area contributed by atoms with E-state index in [9.17, 15) is 12.8 Å². The van der Waals surface area contributed by atoms with Crippen LogP contribution < -0.4 is 5.73 Å². The van der Waals surface area contributed by atoms with Crippen LogP contribution in [-0.2, 0) is 15.6 Å². The van der Waals surface area contributed by atoms with Gasteiger partial charge in [0.25, 0.3) is 0 Å². The van der Waals surface area contributed by atoms with Crippen LogP contribution in [0.2, 0.25) is 0 Å². The molecule has 0 unspecified atom stereocenters. The molecule has 0 fully saturated rings. The Balaban J connectivity index is 2.36. The Kier molecular flexibility index (Phi) is 3.36. The van der Waals surface area contributed by atoms with Crippen molar-refractivity contribution in [1.29, 1.82) is 0 Å². The second-order valence-corrected chi connectivity index (χ2v) is 6.89. The average molecular weight is 286 g/mol. The molecule has 0 saturated carbocycles. The lowest BCUT2D eigenvalue weighted by Crippen LogP contribution is -2.06. The topological polar surface area (TPSA) is 73.0 Å². The van der Waals surface area contributed by atoms with Crippen LogP contribution in [0, 0.1) is 12.7 Å². The highest BCUT2D eigenvalue weighted by Gasteiger charge is 2.18. The minimum Gasteiger partial charge on any atom is -0.399 e. The van der Waals surface area contributed by atoms with E-state index in [0.717, 1.165) is 17.1 Å². The van der Waals surface area contributed by atoms with Gasteiger partial charge in [-0.25, -0.2) is 17.8 Å².